The fourth-order valence-corrected chi connectivity index (χ4v) is 5.24. The van der Waals surface area contributed by atoms with Gasteiger partial charge in [-0.3, -0.25) is 9.59 Å². The summed E-state index contributed by atoms with van der Waals surface area (Å²) in [5.41, 5.74) is 3.20. The third-order valence-electron chi connectivity index (χ3n) is 7.53. The van der Waals surface area contributed by atoms with Gasteiger partial charge in [-0.2, -0.15) is 5.10 Å². The van der Waals surface area contributed by atoms with E-state index >= 15 is 0 Å². The highest BCUT2D eigenvalue weighted by Crippen LogP contribution is 2.36. The largest absolute Gasteiger partial charge is 0.491 e. The second-order valence-corrected chi connectivity index (χ2v) is 10.4. The van der Waals surface area contributed by atoms with Gasteiger partial charge in [0.1, 0.15) is 6.54 Å². The fourth-order valence-electron chi connectivity index (χ4n) is 5.24. The van der Waals surface area contributed by atoms with Crippen molar-refractivity contribution in [2.45, 2.75) is 39.7 Å². The molecule has 2 saturated heterocycles. The molecular formula is C26H35N5O4. The summed E-state index contributed by atoms with van der Waals surface area (Å²) in [4.78, 5) is 32.7. The van der Waals surface area contributed by atoms with Crippen LogP contribution in [0.2, 0.25) is 0 Å². The predicted octanol–water partition coefficient (Wildman–Crippen LogP) is 2.30. The van der Waals surface area contributed by atoms with Crippen LogP contribution in [0.25, 0.3) is 0 Å². The van der Waals surface area contributed by atoms with Crippen molar-refractivity contribution in [2.75, 3.05) is 67.7 Å². The van der Waals surface area contributed by atoms with Gasteiger partial charge in [0, 0.05) is 55.7 Å². The third kappa shape index (κ3) is 4.74. The molecule has 0 atom stereocenters. The lowest BCUT2D eigenvalue weighted by atomic mass is 9.83. The van der Waals surface area contributed by atoms with Crippen LogP contribution in [0, 0.1) is 5.41 Å². The lowest BCUT2D eigenvalue weighted by Gasteiger charge is -2.37. The molecule has 2 fully saturated rings. The number of ether oxygens (including phenoxy) is 2. The van der Waals surface area contributed by atoms with Gasteiger partial charge < -0.3 is 24.2 Å². The molecule has 0 radical (unpaired) electrons. The van der Waals surface area contributed by atoms with E-state index in [0.29, 0.717) is 31.0 Å². The first-order valence-corrected chi connectivity index (χ1v) is 12.5. The van der Waals surface area contributed by atoms with Gasteiger partial charge >= 0.3 is 5.56 Å². The quantitative estimate of drug-likeness (QED) is 0.648. The van der Waals surface area contributed by atoms with Gasteiger partial charge in [0.2, 0.25) is 5.91 Å². The number of fused-ring (bicyclic) bond motifs is 1. The molecule has 4 heterocycles. The van der Waals surface area contributed by atoms with E-state index in [2.05, 4.69) is 34.8 Å². The molecule has 0 unspecified atom stereocenters. The summed E-state index contributed by atoms with van der Waals surface area (Å²) >= 11 is 0. The SMILES string of the molecule is COc1cc(N2CCC(C)(C)CC2)nn(CC(=O)N2CCc3c(N4CCOCC4)cccc32)c1=O. The number of rotatable bonds is 5. The van der Waals surface area contributed by atoms with Gasteiger partial charge in [-0.25, -0.2) is 4.68 Å². The van der Waals surface area contributed by atoms with Gasteiger partial charge in [-0.1, -0.05) is 19.9 Å². The van der Waals surface area contributed by atoms with Crippen molar-refractivity contribution in [2.24, 2.45) is 5.41 Å². The highest BCUT2D eigenvalue weighted by atomic mass is 16.5. The number of piperidine rings is 1. The number of hydrogen-bond donors (Lipinski definition) is 0. The molecule has 2 aromatic rings. The third-order valence-corrected chi connectivity index (χ3v) is 7.53. The van der Waals surface area contributed by atoms with E-state index in [1.54, 1.807) is 11.0 Å². The second-order valence-electron chi connectivity index (χ2n) is 10.4. The maximum atomic E-state index is 13.4. The van der Waals surface area contributed by atoms with Crippen LogP contribution < -0.4 is 25.0 Å². The van der Waals surface area contributed by atoms with E-state index < -0.39 is 0 Å². The Morgan fingerprint density at radius 1 is 1.06 bits per heavy atom. The monoisotopic (exact) mass is 481 g/mol. The van der Waals surface area contributed by atoms with Crippen molar-refractivity contribution in [1.82, 2.24) is 9.78 Å². The average Bonchev–Trinajstić information content (AvgIpc) is 3.30. The molecule has 1 aromatic heterocycles. The molecule has 5 rings (SSSR count). The Morgan fingerprint density at radius 3 is 2.49 bits per heavy atom. The molecular weight excluding hydrogens is 446 g/mol. The van der Waals surface area contributed by atoms with Gasteiger partial charge in [0.05, 0.1) is 20.3 Å². The number of benzene rings is 1. The summed E-state index contributed by atoms with van der Waals surface area (Å²) in [5.74, 6) is 0.752. The molecule has 0 saturated carbocycles. The van der Waals surface area contributed by atoms with Crippen molar-refractivity contribution in [3.63, 3.8) is 0 Å². The van der Waals surface area contributed by atoms with E-state index in [1.165, 1.54) is 23.0 Å². The van der Waals surface area contributed by atoms with Crippen LogP contribution >= 0.6 is 0 Å². The zero-order valence-electron chi connectivity index (χ0n) is 21.0. The molecule has 3 aliphatic heterocycles. The molecule has 9 heteroatoms. The number of morpholine rings is 1. The zero-order chi connectivity index (χ0) is 24.6. The Morgan fingerprint density at radius 2 is 1.77 bits per heavy atom. The number of anilines is 3. The minimum atomic E-state index is -0.386. The first kappa shape index (κ1) is 23.7. The van der Waals surface area contributed by atoms with Gasteiger partial charge in [0.15, 0.2) is 11.6 Å². The van der Waals surface area contributed by atoms with Gasteiger partial charge in [-0.05, 0) is 36.8 Å². The van der Waals surface area contributed by atoms with E-state index in [0.717, 1.165) is 51.1 Å². The van der Waals surface area contributed by atoms with Crippen LogP contribution in [0.4, 0.5) is 17.2 Å². The molecule has 1 amide bonds. The van der Waals surface area contributed by atoms with Crippen LogP contribution in [0.1, 0.15) is 32.3 Å². The van der Waals surface area contributed by atoms with Crippen LogP contribution in [-0.4, -0.2) is 68.7 Å². The zero-order valence-corrected chi connectivity index (χ0v) is 21.0. The van der Waals surface area contributed by atoms with Crippen LogP contribution in [-0.2, 0) is 22.5 Å². The number of hydrogen-bond acceptors (Lipinski definition) is 7. The summed E-state index contributed by atoms with van der Waals surface area (Å²) < 4.78 is 12.1. The van der Waals surface area contributed by atoms with Crippen molar-refractivity contribution in [3.05, 3.63) is 40.2 Å². The molecule has 3 aliphatic rings. The van der Waals surface area contributed by atoms with Crippen LogP contribution in [0.15, 0.2) is 29.1 Å². The Balaban J connectivity index is 1.38. The number of carbonyl (C=O) groups excluding carboxylic acids is 1. The van der Waals surface area contributed by atoms with Crippen LogP contribution in [0.3, 0.4) is 0 Å². The van der Waals surface area contributed by atoms with Gasteiger partial charge in [0.25, 0.3) is 0 Å². The van der Waals surface area contributed by atoms with Crippen LogP contribution in [0.5, 0.6) is 5.75 Å². The van der Waals surface area contributed by atoms with E-state index in [-0.39, 0.29) is 23.8 Å². The molecule has 0 N–H and O–H groups in total. The summed E-state index contributed by atoms with van der Waals surface area (Å²) in [7, 11) is 1.48. The lowest BCUT2D eigenvalue weighted by Crippen LogP contribution is -2.40. The Bertz CT molecular complexity index is 1140. The molecule has 1 aromatic carbocycles. The van der Waals surface area contributed by atoms with E-state index in [9.17, 15) is 9.59 Å². The lowest BCUT2D eigenvalue weighted by molar-refractivity contribution is -0.119. The van der Waals surface area contributed by atoms with E-state index in [4.69, 9.17) is 9.47 Å². The van der Waals surface area contributed by atoms with Crippen molar-refractivity contribution >= 4 is 23.1 Å². The number of carbonyl (C=O) groups is 1. The highest BCUT2D eigenvalue weighted by Gasteiger charge is 2.30. The first-order chi connectivity index (χ1) is 16.9. The minimum absolute atomic E-state index is 0.121. The standard InChI is InChI=1S/C26H35N5O4/c1-26(2)8-11-29(12-9-26)23-17-22(34-3)25(33)31(27-23)18-24(32)30-10-7-19-20(5-4-6-21(19)30)28-13-15-35-16-14-28/h4-6,17H,7-16,18H2,1-3H3. The maximum absolute atomic E-state index is 13.4. The average molecular weight is 482 g/mol. The van der Waals surface area contributed by atoms with Crippen molar-refractivity contribution in [3.8, 4) is 5.75 Å². The molecule has 188 valence electrons. The van der Waals surface area contributed by atoms with Gasteiger partial charge in [-0.15, -0.1) is 0 Å². The first-order valence-electron chi connectivity index (χ1n) is 12.5. The summed E-state index contributed by atoms with van der Waals surface area (Å²) in [6, 6.07) is 7.81. The summed E-state index contributed by atoms with van der Waals surface area (Å²) in [6.07, 6.45) is 2.89. The number of amides is 1. The highest BCUT2D eigenvalue weighted by molar-refractivity contribution is 5.96. The number of aromatic nitrogens is 2. The summed E-state index contributed by atoms with van der Waals surface area (Å²) in [5, 5.41) is 4.59. The topological polar surface area (TPSA) is 80.1 Å². The van der Waals surface area contributed by atoms with Crippen molar-refractivity contribution in [1.29, 1.82) is 0 Å². The number of methoxy groups -OCH3 is 1. The molecule has 0 spiro atoms. The Kier molecular flexibility index (Phi) is 6.44. The molecule has 9 nitrogen and oxygen atoms in total. The maximum Gasteiger partial charge on any atom is 0.309 e. The minimum Gasteiger partial charge on any atom is -0.491 e. The Labute approximate surface area is 206 Å². The smallest absolute Gasteiger partial charge is 0.309 e. The molecule has 35 heavy (non-hydrogen) atoms. The molecule has 0 aliphatic carbocycles. The normalized spacial score (nSPS) is 19.6. The Hall–Kier alpha value is -3.07. The number of nitrogens with zero attached hydrogens (tertiary/aromatic N) is 5. The second kappa shape index (κ2) is 9.53. The predicted molar refractivity (Wildman–Crippen MR) is 136 cm³/mol. The summed E-state index contributed by atoms with van der Waals surface area (Å²) in [6.45, 7) is 9.88. The van der Waals surface area contributed by atoms with E-state index in [1.807, 2.05) is 12.1 Å². The molecule has 0 bridgehead atoms. The van der Waals surface area contributed by atoms with Crippen molar-refractivity contribution < 1.29 is 14.3 Å². The fraction of sp³-hybridized carbons (Fsp3) is 0.577.